The quantitative estimate of drug-likeness (QED) is 0.714. The number of hydrogen-bond donors (Lipinski definition) is 0. The zero-order valence-electron chi connectivity index (χ0n) is 12.7. The molecule has 1 aliphatic heterocycles. The van der Waals surface area contributed by atoms with Crippen molar-refractivity contribution in [3.8, 4) is 5.75 Å². The lowest BCUT2D eigenvalue weighted by atomic mass is 9.76. The minimum Gasteiger partial charge on any atom is -0.483 e. The SMILES string of the molecule is CC(C)(C)C1=C2c3ccccc3CC2Oc2cnccc21. The summed E-state index contributed by atoms with van der Waals surface area (Å²) in [6, 6.07) is 10.8. The van der Waals surface area contributed by atoms with Crippen molar-refractivity contribution in [1.29, 1.82) is 0 Å². The Morgan fingerprint density at radius 2 is 1.90 bits per heavy atom. The van der Waals surface area contributed by atoms with E-state index in [0.717, 1.165) is 12.2 Å². The molecule has 4 rings (SSSR count). The van der Waals surface area contributed by atoms with Gasteiger partial charge in [0.2, 0.25) is 0 Å². The largest absolute Gasteiger partial charge is 0.483 e. The molecule has 21 heavy (non-hydrogen) atoms. The van der Waals surface area contributed by atoms with Crippen LogP contribution >= 0.6 is 0 Å². The second-order valence-corrected chi connectivity index (χ2v) is 6.88. The number of rotatable bonds is 0. The summed E-state index contributed by atoms with van der Waals surface area (Å²) in [7, 11) is 0. The van der Waals surface area contributed by atoms with Gasteiger partial charge in [-0.25, -0.2) is 0 Å². The fraction of sp³-hybridized carbons (Fsp3) is 0.316. The number of aromatic nitrogens is 1. The molecule has 0 saturated heterocycles. The third kappa shape index (κ3) is 1.82. The van der Waals surface area contributed by atoms with Gasteiger partial charge >= 0.3 is 0 Å². The zero-order chi connectivity index (χ0) is 14.6. The van der Waals surface area contributed by atoms with Gasteiger partial charge < -0.3 is 4.74 Å². The number of benzene rings is 1. The molecule has 2 heteroatoms. The summed E-state index contributed by atoms with van der Waals surface area (Å²) in [5, 5.41) is 0. The van der Waals surface area contributed by atoms with Gasteiger partial charge in [0.05, 0.1) is 6.20 Å². The highest BCUT2D eigenvalue weighted by atomic mass is 16.5. The van der Waals surface area contributed by atoms with Crippen LogP contribution in [0.2, 0.25) is 0 Å². The fourth-order valence-corrected chi connectivity index (χ4v) is 3.62. The first-order valence-corrected chi connectivity index (χ1v) is 7.49. The summed E-state index contributed by atoms with van der Waals surface area (Å²) in [5.74, 6) is 0.920. The highest BCUT2D eigenvalue weighted by Gasteiger charge is 2.39. The Morgan fingerprint density at radius 1 is 1.10 bits per heavy atom. The number of nitrogens with zero attached hydrogens (tertiary/aromatic N) is 1. The van der Waals surface area contributed by atoms with Crippen LogP contribution in [-0.4, -0.2) is 11.1 Å². The summed E-state index contributed by atoms with van der Waals surface area (Å²) in [6.45, 7) is 6.84. The Labute approximate surface area is 125 Å². The van der Waals surface area contributed by atoms with Crippen molar-refractivity contribution < 1.29 is 4.74 Å². The number of hydrogen-bond acceptors (Lipinski definition) is 2. The van der Waals surface area contributed by atoms with Crippen molar-refractivity contribution in [2.24, 2.45) is 5.41 Å². The van der Waals surface area contributed by atoms with E-state index in [1.54, 1.807) is 0 Å². The van der Waals surface area contributed by atoms with Crippen LogP contribution in [0.15, 0.2) is 42.7 Å². The van der Waals surface area contributed by atoms with Gasteiger partial charge in [0, 0.05) is 23.8 Å². The third-order valence-electron chi connectivity index (χ3n) is 4.38. The highest BCUT2D eigenvalue weighted by Crippen LogP contribution is 2.51. The van der Waals surface area contributed by atoms with Crippen LogP contribution in [0, 0.1) is 5.41 Å². The third-order valence-corrected chi connectivity index (χ3v) is 4.38. The van der Waals surface area contributed by atoms with Gasteiger partial charge in [-0.05, 0) is 28.2 Å². The van der Waals surface area contributed by atoms with Crippen molar-refractivity contribution in [2.45, 2.75) is 33.3 Å². The van der Waals surface area contributed by atoms with Crippen LogP contribution in [0.25, 0.3) is 11.1 Å². The molecule has 1 aromatic heterocycles. The lowest BCUT2D eigenvalue weighted by Crippen LogP contribution is -2.25. The maximum absolute atomic E-state index is 6.24. The molecule has 0 spiro atoms. The summed E-state index contributed by atoms with van der Waals surface area (Å²) < 4.78 is 6.24. The standard InChI is InChI=1S/C19H19NO/c1-19(2,3)18-14-8-9-20-11-16(14)21-15-10-12-6-4-5-7-13(12)17(15)18/h4-9,11,15H,10H2,1-3H3. The number of ether oxygens (including phenoxy) is 1. The maximum atomic E-state index is 6.24. The van der Waals surface area contributed by atoms with Gasteiger partial charge in [0.1, 0.15) is 11.9 Å². The van der Waals surface area contributed by atoms with Gasteiger partial charge in [-0.2, -0.15) is 0 Å². The number of allylic oxidation sites excluding steroid dienone is 1. The molecule has 0 N–H and O–H groups in total. The first kappa shape index (κ1) is 12.6. The summed E-state index contributed by atoms with van der Waals surface area (Å²) in [4.78, 5) is 4.23. The van der Waals surface area contributed by atoms with E-state index in [1.165, 1.54) is 27.8 Å². The molecule has 1 aromatic carbocycles. The van der Waals surface area contributed by atoms with E-state index in [4.69, 9.17) is 4.74 Å². The van der Waals surface area contributed by atoms with Crippen LogP contribution in [0.4, 0.5) is 0 Å². The van der Waals surface area contributed by atoms with Crippen LogP contribution in [0.5, 0.6) is 5.75 Å². The zero-order valence-corrected chi connectivity index (χ0v) is 12.7. The van der Waals surface area contributed by atoms with Crippen molar-refractivity contribution in [2.75, 3.05) is 0 Å². The predicted octanol–water partition coefficient (Wildman–Crippen LogP) is 4.36. The topological polar surface area (TPSA) is 22.1 Å². The van der Waals surface area contributed by atoms with Gasteiger partial charge in [0.15, 0.2) is 0 Å². The molecule has 1 aliphatic carbocycles. The van der Waals surface area contributed by atoms with E-state index >= 15 is 0 Å². The van der Waals surface area contributed by atoms with E-state index in [-0.39, 0.29) is 11.5 Å². The Morgan fingerprint density at radius 3 is 2.71 bits per heavy atom. The van der Waals surface area contributed by atoms with Gasteiger partial charge in [-0.1, -0.05) is 45.0 Å². The molecule has 2 aromatic rings. The summed E-state index contributed by atoms with van der Waals surface area (Å²) in [5.41, 5.74) is 6.79. The van der Waals surface area contributed by atoms with Gasteiger partial charge in [0.25, 0.3) is 0 Å². The molecule has 106 valence electrons. The van der Waals surface area contributed by atoms with Crippen LogP contribution < -0.4 is 4.74 Å². The predicted molar refractivity (Wildman–Crippen MR) is 85.1 cm³/mol. The minimum absolute atomic E-state index is 0.0743. The normalized spacial score (nSPS) is 19.7. The molecule has 0 radical (unpaired) electrons. The van der Waals surface area contributed by atoms with Crippen LogP contribution in [-0.2, 0) is 6.42 Å². The summed E-state index contributed by atoms with van der Waals surface area (Å²) in [6.07, 6.45) is 4.80. The fourth-order valence-electron chi connectivity index (χ4n) is 3.62. The molecule has 1 atom stereocenters. The van der Waals surface area contributed by atoms with Gasteiger partial charge in [-0.3, -0.25) is 4.98 Å². The molecule has 2 heterocycles. The van der Waals surface area contributed by atoms with Crippen LogP contribution in [0.1, 0.15) is 37.5 Å². The smallest absolute Gasteiger partial charge is 0.146 e. The second-order valence-electron chi connectivity index (χ2n) is 6.88. The molecule has 0 bridgehead atoms. The lowest BCUT2D eigenvalue weighted by Gasteiger charge is -2.34. The van der Waals surface area contributed by atoms with Crippen molar-refractivity contribution in [1.82, 2.24) is 4.98 Å². The first-order chi connectivity index (χ1) is 10.1. The second kappa shape index (κ2) is 4.20. The van der Waals surface area contributed by atoms with Crippen molar-refractivity contribution >= 4 is 11.1 Å². The Kier molecular flexibility index (Phi) is 2.53. The molecule has 1 unspecified atom stereocenters. The van der Waals surface area contributed by atoms with E-state index in [1.807, 2.05) is 12.4 Å². The molecule has 2 aliphatic rings. The lowest BCUT2D eigenvalue weighted by molar-refractivity contribution is 0.257. The molecular formula is C19H19NO. The first-order valence-electron chi connectivity index (χ1n) is 7.49. The maximum Gasteiger partial charge on any atom is 0.146 e. The molecule has 0 amide bonds. The Balaban J connectivity index is 2.05. The average Bonchev–Trinajstić information content (AvgIpc) is 2.81. The summed E-state index contributed by atoms with van der Waals surface area (Å²) >= 11 is 0. The van der Waals surface area contributed by atoms with E-state index in [2.05, 4.69) is 56.1 Å². The van der Waals surface area contributed by atoms with Gasteiger partial charge in [-0.15, -0.1) is 0 Å². The number of fused-ring (bicyclic) bond motifs is 4. The average molecular weight is 277 g/mol. The highest BCUT2D eigenvalue weighted by molar-refractivity contribution is 5.99. The van der Waals surface area contributed by atoms with Crippen molar-refractivity contribution in [3.63, 3.8) is 0 Å². The molecular weight excluding hydrogens is 258 g/mol. The minimum atomic E-state index is 0.0743. The monoisotopic (exact) mass is 277 g/mol. The number of pyridine rings is 1. The van der Waals surface area contributed by atoms with Crippen LogP contribution in [0.3, 0.4) is 0 Å². The Hall–Kier alpha value is -2.09. The Bertz CT molecular complexity index is 752. The van der Waals surface area contributed by atoms with E-state index in [9.17, 15) is 0 Å². The molecule has 0 saturated carbocycles. The van der Waals surface area contributed by atoms with Crippen molar-refractivity contribution in [3.05, 3.63) is 59.4 Å². The molecule has 2 nitrogen and oxygen atoms in total. The van der Waals surface area contributed by atoms with E-state index < -0.39 is 0 Å². The molecule has 0 fully saturated rings. The van der Waals surface area contributed by atoms with E-state index in [0.29, 0.717) is 0 Å².